The number of benzene rings is 1. The lowest BCUT2D eigenvalue weighted by molar-refractivity contribution is -0.138. The van der Waals surface area contributed by atoms with Crippen molar-refractivity contribution >= 4 is 5.91 Å². The lowest BCUT2D eigenvalue weighted by atomic mass is 9.99. The zero-order valence-electron chi connectivity index (χ0n) is 17.6. The summed E-state index contributed by atoms with van der Waals surface area (Å²) < 4.78 is 47.3. The Morgan fingerprint density at radius 3 is 2.61 bits per heavy atom. The largest absolute Gasteiger partial charge is 0.455 e. The summed E-state index contributed by atoms with van der Waals surface area (Å²) in [7, 11) is 1.80. The Balaban J connectivity index is 1.83. The molecule has 0 aliphatic heterocycles. The van der Waals surface area contributed by atoms with Crippen LogP contribution in [0.2, 0.25) is 0 Å². The average Bonchev–Trinajstić information content (AvgIpc) is 3.29. The van der Waals surface area contributed by atoms with E-state index in [2.05, 4.69) is 10.4 Å². The minimum atomic E-state index is -4.48. The summed E-state index contributed by atoms with van der Waals surface area (Å²) in [4.78, 5) is 12.8. The second-order valence-electron chi connectivity index (χ2n) is 7.37. The first kappa shape index (κ1) is 22.6. The molecule has 3 N–H and O–H groups in total. The van der Waals surface area contributed by atoms with E-state index < -0.39 is 23.7 Å². The van der Waals surface area contributed by atoms with Gasteiger partial charge >= 0.3 is 6.18 Å². The van der Waals surface area contributed by atoms with Gasteiger partial charge in [0.1, 0.15) is 5.76 Å². The molecule has 0 aliphatic rings. The van der Waals surface area contributed by atoms with Crippen LogP contribution in [0.4, 0.5) is 13.2 Å². The van der Waals surface area contributed by atoms with Gasteiger partial charge in [0.25, 0.3) is 5.91 Å². The van der Waals surface area contributed by atoms with Gasteiger partial charge in [-0.2, -0.15) is 18.3 Å². The SMILES string of the molecule is CCc1oc(C(=O)N[C@H](CN)Cc2ccccc2C(F)(F)F)cc1-c1c(C)cnn1C. The number of alkyl halides is 3. The molecule has 0 radical (unpaired) electrons. The number of furan rings is 1. The van der Waals surface area contributed by atoms with Crippen LogP contribution in [0.3, 0.4) is 0 Å². The van der Waals surface area contributed by atoms with E-state index in [0.29, 0.717) is 12.2 Å². The van der Waals surface area contributed by atoms with Crippen molar-refractivity contribution in [2.75, 3.05) is 6.54 Å². The maximum Gasteiger partial charge on any atom is 0.416 e. The predicted octanol–water partition coefficient (Wildman–Crippen LogP) is 3.87. The van der Waals surface area contributed by atoms with Gasteiger partial charge < -0.3 is 15.5 Å². The van der Waals surface area contributed by atoms with Crippen molar-refractivity contribution < 1.29 is 22.4 Å². The van der Waals surface area contributed by atoms with Gasteiger partial charge in [-0.05, 0) is 36.6 Å². The summed E-state index contributed by atoms with van der Waals surface area (Å²) in [5.74, 6) is 0.180. The van der Waals surface area contributed by atoms with Gasteiger partial charge in [-0.3, -0.25) is 9.48 Å². The van der Waals surface area contributed by atoms with Crippen molar-refractivity contribution in [3.05, 3.63) is 64.7 Å². The first-order chi connectivity index (χ1) is 14.7. The molecule has 0 unspecified atom stereocenters. The van der Waals surface area contributed by atoms with Crippen molar-refractivity contribution in [2.24, 2.45) is 12.8 Å². The molecule has 0 saturated heterocycles. The summed E-state index contributed by atoms with van der Waals surface area (Å²) in [6.45, 7) is 3.80. The maximum atomic E-state index is 13.3. The van der Waals surface area contributed by atoms with E-state index >= 15 is 0 Å². The molecule has 166 valence electrons. The van der Waals surface area contributed by atoms with Crippen molar-refractivity contribution in [3.8, 4) is 11.3 Å². The molecule has 0 aliphatic carbocycles. The monoisotopic (exact) mass is 434 g/mol. The van der Waals surface area contributed by atoms with E-state index in [-0.39, 0.29) is 24.3 Å². The third kappa shape index (κ3) is 4.82. The summed E-state index contributed by atoms with van der Waals surface area (Å²) in [6, 6.07) is 6.22. The number of halogens is 3. The van der Waals surface area contributed by atoms with Crippen molar-refractivity contribution in [1.82, 2.24) is 15.1 Å². The van der Waals surface area contributed by atoms with Crippen molar-refractivity contribution in [1.29, 1.82) is 0 Å². The molecule has 1 atom stereocenters. The normalized spacial score (nSPS) is 12.7. The summed E-state index contributed by atoms with van der Waals surface area (Å²) in [6.07, 6.45) is -2.24. The Bertz CT molecular complexity index is 1050. The number of amides is 1. The number of hydrogen-bond acceptors (Lipinski definition) is 4. The van der Waals surface area contributed by atoms with Gasteiger partial charge in [0.2, 0.25) is 0 Å². The molecule has 2 heterocycles. The first-order valence-electron chi connectivity index (χ1n) is 9.93. The Morgan fingerprint density at radius 1 is 1.32 bits per heavy atom. The van der Waals surface area contributed by atoms with Crippen LogP contribution in [-0.2, 0) is 26.1 Å². The molecule has 3 aromatic rings. The van der Waals surface area contributed by atoms with E-state index in [1.165, 1.54) is 18.2 Å². The van der Waals surface area contributed by atoms with E-state index in [4.69, 9.17) is 10.2 Å². The van der Waals surface area contributed by atoms with Crippen LogP contribution in [0.5, 0.6) is 0 Å². The highest BCUT2D eigenvalue weighted by Crippen LogP contribution is 2.33. The predicted molar refractivity (Wildman–Crippen MR) is 110 cm³/mol. The smallest absolute Gasteiger partial charge is 0.416 e. The molecular weight excluding hydrogens is 409 g/mol. The number of nitrogens with two attached hydrogens (primary N) is 1. The van der Waals surface area contributed by atoms with Crippen molar-refractivity contribution in [2.45, 2.75) is 38.9 Å². The fourth-order valence-corrected chi connectivity index (χ4v) is 3.63. The number of aryl methyl sites for hydroxylation is 3. The number of carbonyl (C=O) groups excluding carboxylic acids is 1. The van der Waals surface area contributed by atoms with E-state index in [1.807, 2.05) is 13.8 Å². The molecular formula is C22H25F3N4O2. The van der Waals surface area contributed by atoms with Crippen LogP contribution >= 0.6 is 0 Å². The minimum Gasteiger partial charge on any atom is -0.455 e. The third-order valence-corrected chi connectivity index (χ3v) is 5.14. The van der Waals surface area contributed by atoms with Crippen LogP contribution < -0.4 is 11.1 Å². The molecule has 6 nitrogen and oxygen atoms in total. The zero-order valence-corrected chi connectivity index (χ0v) is 17.6. The quantitative estimate of drug-likeness (QED) is 0.591. The topological polar surface area (TPSA) is 86.1 Å². The van der Waals surface area contributed by atoms with Crippen molar-refractivity contribution in [3.63, 3.8) is 0 Å². The molecule has 0 bridgehead atoms. The van der Waals surface area contributed by atoms with E-state index in [0.717, 1.165) is 22.9 Å². The minimum absolute atomic E-state index is 0.0209. The summed E-state index contributed by atoms with van der Waals surface area (Å²) >= 11 is 0. The fraction of sp³-hybridized carbons (Fsp3) is 0.364. The van der Waals surface area contributed by atoms with Crippen LogP contribution in [0.1, 0.15) is 39.9 Å². The van der Waals surface area contributed by atoms with E-state index in [9.17, 15) is 18.0 Å². The molecule has 31 heavy (non-hydrogen) atoms. The van der Waals surface area contributed by atoms with Gasteiger partial charge in [-0.25, -0.2) is 0 Å². The Labute approximate surface area is 178 Å². The van der Waals surface area contributed by atoms with E-state index in [1.54, 1.807) is 24.0 Å². The molecule has 1 aromatic carbocycles. The van der Waals surface area contributed by atoms with Crippen LogP contribution in [0.25, 0.3) is 11.3 Å². The van der Waals surface area contributed by atoms with Crippen LogP contribution in [-0.4, -0.2) is 28.3 Å². The standard InChI is InChI=1S/C22H25F3N4O2/c1-4-18-16(20-13(2)12-27-29(20)3)10-19(31-18)21(30)28-15(11-26)9-14-7-5-6-8-17(14)22(23,24)25/h5-8,10,12,15H,4,9,11,26H2,1-3H3,(H,28,30)/t15-/m0/s1. The highest BCUT2D eigenvalue weighted by molar-refractivity contribution is 5.93. The number of hydrogen-bond donors (Lipinski definition) is 2. The van der Waals surface area contributed by atoms with Gasteiger partial charge in [-0.15, -0.1) is 0 Å². The van der Waals surface area contributed by atoms with Gasteiger partial charge in [0.05, 0.1) is 17.5 Å². The van der Waals surface area contributed by atoms with Gasteiger partial charge in [0, 0.05) is 31.6 Å². The molecule has 0 fully saturated rings. The first-order valence-corrected chi connectivity index (χ1v) is 9.93. The Kier molecular flexibility index (Phi) is 6.54. The lowest BCUT2D eigenvalue weighted by Crippen LogP contribution is -2.42. The molecule has 0 spiro atoms. The third-order valence-electron chi connectivity index (χ3n) is 5.14. The molecule has 3 rings (SSSR count). The van der Waals surface area contributed by atoms with Crippen LogP contribution in [0.15, 0.2) is 40.9 Å². The molecule has 0 saturated carbocycles. The van der Waals surface area contributed by atoms with Gasteiger partial charge in [-0.1, -0.05) is 25.1 Å². The molecule has 2 aromatic heterocycles. The summed E-state index contributed by atoms with van der Waals surface area (Å²) in [5.41, 5.74) is 7.63. The zero-order chi connectivity index (χ0) is 22.8. The maximum absolute atomic E-state index is 13.3. The Hall–Kier alpha value is -3.07. The van der Waals surface area contributed by atoms with Gasteiger partial charge in [0.15, 0.2) is 5.76 Å². The fourth-order valence-electron chi connectivity index (χ4n) is 3.63. The molecule has 1 amide bonds. The molecule has 9 heteroatoms. The summed E-state index contributed by atoms with van der Waals surface area (Å²) in [5, 5.41) is 6.93. The number of rotatable bonds is 7. The number of nitrogens with zero attached hydrogens (tertiary/aromatic N) is 2. The average molecular weight is 434 g/mol. The highest BCUT2D eigenvalue weighted by atomic mass is 19.4. The van der Waals surface area contributed by atoms with Crippen LogP contribution in [0, 0.1) is 6.92 Å². The lowest BCUT2D eigenvalue weighted by Gasteiger charge is -2.19. The second-order valence-corrected chi connectivity index (χ2v) is 7.37. The second kappa shape index (κ2) is 8.97. The number of carbonyl (C=O) groups is 1. The number of nitrogens with one attached hydrogen (secondary N) is 1. The number of aromatic nitrogens is 2. The highest BCUT2D eigenvalue weighted by Gasteiger charge is 2.33. The Morgan fingerprint density at radius 2 is 2.03 bits per heavy atom.